The van der Waals surface area contributed by atoms with Gasteiger partial charge >= 0.3 is 0 Å². The Hall–Kier alpha value is -3.57. The smallest absolute Gasteiger partial charge is 0.282 e. The van der Waals surface area contributed by atoms with Crippen molar-refractivity contribution in [2.24, 2.45) is 0 Å². The molecule has 0 unspecified atom stereocenters. The molecule has 0 spiro atoms. The third-order valence-corrected chi connectivity index (χ3v) is 5.46. The maximum Gasteiger partial charge on any atom is 0.282 e. The molecular formula is C26H23ClN2O3. The molecular weight excluding hydrogens is 424 g/mol. The number of carbonyl (C=O) groups is 2. The quantitative estimate of drug-likeness (QED) is 0.484. The molecule has 2 amide bonds. The molecule has 4 rings (SSSR count). The molecule has 0 radical (unpaired) electrons. The number of para-hydroxylation sites is 1. The highest BCUT2D eigenvalue weighted by molar-refractivity contribution is 6.46. The number of hydrogen-bond donors (Lipinski definition) is 1. The number of halogens is 1. The maximum atomic E-state index is 13.5. The monoisotopic (exact) mass is 446 g/mol. The summed E-state index contributed by atoms with van der Waals surface area (Å²) in [4.78, 5) is 28.0. The van der Waals surface area contributed by atoms with Crippen LogP contribution in [-0.4, -0.2) is 17.9 Å². The van der Waals surface area contributed by atoms with Crippen molar-refractivity contribution in [2.75, 3.05) is 10.2 Å². The third-order valence-electron chi connectivity index (χ3n) is 5.05. The van der Waals surface area contributed by atoms with Gasteiger partial charge in [0.2, 0.25) is 0 Å². The van der Waals surface area contributed by atoms with Crippen molar-refractivity contribution in [2.45, 2.75) is 26.9 Å². The van der Waals surface area contributed by atoms with Crippen molar-refractivity contribution in [1.82, 2.24) is 0 Å². The second-order valence-electron chi connectivity index (χ2n) is 7.81. The van der Waals surface area contributed by atoms with E-state index in [0.717, 1.165) is 5.56 Å². The number of aryl methyl sites for hydroxylation is 1. The predicted molar refractivity (Wildman–Crippen MR) is 128 cm³/mol. The highest BCUT2D eigenvalue weighted by Gasteiger charge is 2.40. The fourth-order valence-corrected chi connectivity index (χ4v) is 3.69. The Morgan fingerprint density at radius 1 is 0.906 bits per heavy atom. The summed E-state index contributed by atoms with van der Waals surface area (Å²) >= 11 is 6.27. The lowest BCUT2D eigenvalue weighted by Crippen LogP contribution is -2.32. The number of ether oxygens (including phenoxy) is 1. The molecule has 0 saturated heterocycles. The lowest BCUT2D eigenvalue weighted by molar-refractivity contribution is -0.120. The minimum absolute atomic E-state index is 0.0341. The van der Waals surface area contributed by atoms with Crippen LogP contribution in [0.3, 0.4) is 0 Å². The topological polar surface area (TPSA) is 58.6 Å². The van der Waals surface area contributed by atoms with Gasteiger partial charge in [-0.2, -0.15) is 0 Å². The Kier molecular flexibility index (Phi) is 6.01. The Morgan fingerprint density at radius 2 is 1.59 bits per heavy atom. The van der Waals surface area contributed by atoms with E-state index >= 15 is 0 Å². The highest BCUT2D eigenvalue weighted by Crippen LogP contribution is 2.35. The first-order valence-corrected chi connectivity index (χ1v) is 10.7. The lowest BCUT2D eigenvalue weighted by atomic mass is 10.0. The Bertz CT molecular complexity index is 1200. The lowest BCUT2D eigenvalue weighted by Gasteiger charge is -2.15. The van der Waals surface area contributed by atoms with Crippen molar-refractivity contribution in [3.05, 3.63) is 94.6 Å². The van der Waals surface area contributed by atoms with Crippen LogP contribution >= 0.6 is 11.6 Å². The normalized spacial score (nSPS) is 13.8. The van der Waals surface area contributed by atoms with E-state index in [1.807, 2.05) is 39.0 Å². The Morgan fingerprint density at radius 3 is 2.22 bits per heavy atom. The molecule has 0 aliphatic carbocycles. The molecule has 0 fully saturated rings. The summed E-state index contributed by atoms with van der Waals surface area (Å²) in [6.07, 6.45) is 0.0341. The molecule has 5 nitrogen and oxygen atoms in total. The molecule has 162 valence electrons. The SMILES string of the molecule is Cc1ccc(NC2=C(c3ccc(OC(C)C)cc3)C(=O)N(c3ccccc3)C2=O)cc1Cl. The standard InChI is InChI=1S/C26H23ClN2O3/c1-16(2)32-21-13-10-18(11-14-21)23-24(28-19-12-9-17(3)22(27)15-19)26(31)29(25(23)30)20-7-5-4-6-8-20/h4-16,28H,1-3H3. The van der Waals surface area contributed by atoms with Gasteiger partial charge in [-0.15, -0.1) is 0 Å². The van der Waals surface area contributed by atoms with Crippen LogP contribution in [0, 0.1) is 6.92 Å². The number of nitrogens with zero attached hydrogens (tertiary/aromatic N) is 1. The van der Waals surface area contributed by atoms with Gasteiger partial charge in [0.1, 0.15) is 11.4 Å². The average Bonchev–Trinajstić information content (AvgIpc) is 3.01. The molecule has 0 saturated carbocycles. The van der Waals surface area contributed by atoms with E-state index in [4.69, 9.17) is 16.3 Å². The van der Waals surface area contributed by atoms with Crippen LogP contribution in [-0.2, 0) is 9.59 Å². The van der Waals surface area contributed by atoms with E-state index in [1.54, 1.807) is 54.6 Å². The zero-order chi connectivity index (χ0) is 22.8. The number of imide groups is 1. The summed E-state index contributed by atoms with van der Waals surface area (Å²) in [5, 5.41) is 3.71. The molecule has 32 heavy (non-hydrogen) atoms. The fourth-order valence-electron chi connectivity index (χ4n) is 3.51. The van der Waals surface area contributed by atoms with Crippen molar-refractivity contribution in [3.8, 4) is 5.75 Å². The highest BCUT2D eigenvalue weighted by atomic mass is 35.5. The first-order chi connectivity index (χ1) is 15.3. The Labute approximate surface area is 192 Å². The summed E-state index contributed by atoms with van der Waals surface area (Å²) in [5.74, 6) is -0.115. The zero-order valence-electron chi connectivity index (χ0n) is 18.1. The minimum atomic E-state index is -0.421. The van der Waals surface area contributed by atoms with E-state index in [0.29, 0.717) is 33.3 Å². The van der Waals surface area contributed by atoms with Crippen LogP contribution in [0.1, 0.15) is 25.0 Å². The van der Waals surface area contributed by atoms with Crippen molar-refractivity contribution < 1.29 is 14.3 Å². The fraction of sp³-hybridized carbons (Fsp3) is 0.154. The molecule has 1 heterocycles. The number of carbonyl (C=O) groups excluding carboxylic acids is 2. The summed E-state index contributed by atoms with van der Waals surface area (Å²) in [6, 6.07) is 21.5. The molecule has 6 heteroatoms. The second kappa shape index (κ2) is 8.89. The van der Waals surface area contributed by atoms with Crippen molar-refractivity contribution >= 4 is 40.4 Å². The van der Waals surface area contributed by atoms with Crippen LogP contribution in [0.4, 0.5) is 11.4 Å². The largest absolute Gasteiger partial charge is 0.491 e. The van der Waals surface area contributed by atoms with Gasteiger partial charge in [-0.3, -0.25) is 9.59 Å². The van der Waals surface area contributed by atoms with Crippen LogP contribution in [0.5, 0.6) is 5.75 Å². The predicted octanol–water partition coefficient (Wildman–Crippen LogP) is 5.83. The van der Waals surface area contributed by atoms with E-state index in [1.165, 1.54) is 4.90 Å². The zero-order valence-corrected chi connectivity index (χ0v) is 18.8. The molecule has 0 aromatic heterocycles. The average molecular weight is 447 g/mol. The number of hydrogen-bond acceptors (Lipinski definition) is 4. The van der Waals surface area contributed by atoms with Gasteiger partial charge in [0.05, 0.1) is 17.4 Å². The van der Waals surface area contributed by atoms with E-state index in [9.17, 15) is 9.59 Å². The summed E-state index contributed by atoms with van der Waals surface area (Å²) in [5.41, 5.74) is 3.19. The molecule has 0 atom stereocenters. The minimum Gasteiger partial charge on any atom is -0.491 e. The Balaban J connectivity index is 1.78. The molecule has 0 bridgehead atoms. The van der Waals surface area contributed by atoms with Gasteiger partial charge in [0.15, 0.2) is 0 Å². The second-order valence-corrected chi connectivity index (χ2v) is 8.22. The van der Waals surface area contributed by atoms with Crippen LogP contribution < -0.4 is 15.0 Å². The first kappa shape index (κ1) is 21.7. The van der Waals surface area contributed by atoms with Gasteiger partial charge in [0, 0.05) is 10.7 Å². The number of rotatable bonds is 6. The van der Waals surface area contributed by atoms with Gasteiger partial charge in [0.25, 0.3) is 11.8 Å². The molecule has 1 N–H and O–H groups in total. The van der Waals surface area contributed by atoms with Gasteiger partial charge in [-0.05, 0) is 68.3 Å². The van der Waals surface area contributed by atoms with Gasteiger partial charge in [-0.1, -0.05) is 48.0 Å². The van der Waals surface area contributed by atoms with Crippen molar-refractivity contribution in [1.29, 1.82) is 0 Å². The van der Waals surface area contributed by atoms with Gasteiger partial charge < -0.3 is 10.1 Å². The van der Waals surface area contributed by atoms with Crippen LogP contribution in [0.25, 0.3) is 5.57 Å². The van der Waals surface area contributed by atoms with E-state index < -0.39 is 5.91 Å². The van der Waals surface area contributed by atoms with E-state index in [2.05, 4.69) is 5.32 Å². The van der Waals surface area contributed by atoms with Crippen LogP contribution in [0.15, 0.2) is 78.5 Å². The van der Waals surface area contributed by atoms with E-state index in [-0.39, 0.29) is 17.7 Å². The first-order valence-electron chi connectivity index (χ1n) is 10.3. The molecule has 1 aliphatic rings. The summed E-state index contributed by atoms with van der Waals surface area (Å²) in [7, 11) is 0. The van der Waals surface area contributed by atoms with Crippen molar-refractivity contribution in [3.63, 3.8) is 0 Å². The number of nitrogens with one attached hydrogen (secondary N) is 1. The molecule has 1 aliphatic heterocycles. The number of amides is 2. The van der Waals surface area contributed by atoms with Crippen LogP contribution in [0.2, 0.25) is 5.02 Å². The number of benzene rings is 3. The van der Waals surface area contributed by atoms with Gasteiger partial charge in [-0.25, -0.2) is 4.90 Å². The maximum absolute atomic E-state index is 13.5. The molecule has 3 aromatic carbocycles. The third kappa shape index (κ3) is 4.25. The molecule has 3 aromatic rings. The summed E-state index contributed by atoms with van der Waals surface area (Å²) in [6.45, 7) is 5.79. The number of anilines is 2. The summed E-state index contributed by atoms with van der Waals surface area (Å²) < 4.78 is 5.71.